The van der Waals surface area contributed by atoms with Crippen LogP contribution in [0.15, 0.2) is 18.2 Å². The van der Waals surface area contributed by atoms with E-state index in [0.717, 1.165) is 6.54 Å². The van der Waals surface area contributed by atoms with Crippen LogP contribution in [0.2, 0.25) is 0 Å². The molecule has 1 rings (SSSR count). The lowest BCUT2D eigenvalue weighted by molar-refractivity contribution is 0.281. The number of aliphatic hydroxyl groups excluding tert-OH is 1. The maximum Gasteiger partial charge on any atom is 0.126 e. The van der Waals surface area contributed by atoms with Crippen LogP contribution in [0.3, 0.4) is 0 Å². The summed E-state index contributed by atoms with van der Waals surface area (Å²) in [6, 6.07) is 4.89. The molecule has 0 aliphatic heterocycles. The second kappa shape index (κ2) is 5.08. The summed E-state index contributed by atoms with van der Waals surface area (Å²) >= 11 is 0. The van der Waals surface area contributed by atoms with Crippen LogP contribution in [0.1, 0.15) is 11.1 Å². The number of benzene rings is 1. The lowest BCUT2D eigenvalue weighted by Gasteiger charge is -2.10. The zero-order valence-electron chi connectivity index (χ0n) is 8.63. The lowest BCUT2D eigenvalue weighted by atomic mass is 10.1. The van der Waals surface area contributed by atoms with Gasteiger partial charge in [-0.1, -0.05) is 12.1 Å². The first-order valence-corrected chi connectivity index (χ1v) is 4.66. The van der Waals surface area contributed by atoms with Crippen molar-refractivity contribution in [1.82, 2.24) is 4.90 Å². The van der Waals surface area contributed by atoms with E-state index in [9.17, 15) is 4.39 Å². The molecular formula is C11H16FNO. The predicted molar refractivity (Wildman–Crippen MR) is 54.6 cm³/mol. The van der Waals surface area contributed by atoms with E-state index in [1.165, 1.54) is 6.07 Å². The summed E-state index contributed by atoms with van der Waals surface area (Å²) in [5, 5.41) is 8.80. The zero-order valence-corrected chi connectivity index (χ0v) is 8.63. The van der Waals surface area contributed by atoms with Crippen LogP contribution in [0.5, 0.6) is 0 Å². The molecule has 0 atom stereocenters. The standard InChI is InChI=1S/C11H16FNO/c1-13(2)6-5-10-4-3-9(8-14)7-11(10)12/h3-4,7,14H,5-6,8H2,1-2H3. The Morgan fingerprint density at radius 2 is 2.07 bits per heavy atom. The molecule has 0 bridgehead atoms. The fourth-order valence-electron chi connectivity index (χ4n) is 1.24. The van der Waals surface area contributed by atoms with Gasteiger partial charge in [-0.15, -0.1) is 0 Å². The van der Waals surface area contributed by atoms with Gasteiger partial charge >= 0.3 is 0 Å². The van der Waals surface area contributed by atoms with E-state index >= 15 is 0 Å². The Morgan fingerprint density at radius 1 is 1.36 bits per heavy atom. The topological polar surface area (TPSA) is 23.5 Å². The Kier molecular flexibility index (Phi) is 4.04. The van der Waals surface area contributed by atoms with E-state index in [1.807, 2.05) is 19.0 Å². The van der Waals surface area contributed by atoms with Crippen molar-refractivity contribution in [1.29, 1.82) is 0 Å². The normalized spacial score (nSPS) is 10.9. The Balaban J connectivity index is 2.69. The molecule has 0 spiro atoms. The molecule has 0 aliphatic rings. The van der Waals surface area contributed by atoms with Crippen LogP contribution in [0, 0.1) is 5.82 Å². The van der Waals surface area contributed by atoms with Gasteiger partial charge in [0.15, 0.2) is 0 Å². The smallest absolute Gasteiger partial charge is 0.126 e. The van der Waals surface area contributed by atoms with Gasteiger partial charge in [0, 0.05) is 6.54 Å². The Labute approximate surface area is 84.0 Å². The van der Waals surface area contributed by atoms with Gasteiger partial charge in [-0.25, -0.2) is 4.39 Å². The van der Waals surface area contributed by atoms with E-state index in [2.05, 4.69) is 0 Å². The van der Waals surface area contributed by atoms with Crippen LogP contribution in [-0.4, -0.2) is 30.6 Å². The van der Waals surface area contributed by atoms with E-state index in [1.54, 1.807) is 12.1 Å². The SMILES string of the molecule is CN(C)CCc1ccc(CO)cc1F. The van der Waals surface area contributed by atoms with Crippen molar-refractivity contribution < 1.29 is 9.50 Å². The average Bonchev–Trinajstić information content (AvgIpc) is 2.15. The van der Waals surface area contributed by atoms with E-state index < -0.39 is 0 Å². The second-order valence-corrected chi connectivity index (χ2v) is 3.64. The first-order valence-electron chi connectivity index (χ1n) is 4.66. The molecule has 0 saturated carbocycles. The number of rotatable bonds is 4. The molecule has 0 radical (unpaired) electrons. The van der Waals surface area contributed by atoms with Crippen molar-refractivity contribution in [2.45, 2.75) is 13.0 Å². The molecular weight excluding hydrogens is 181 g/mol. The molecule has 0 aliphatic carbocycles. The fourth-order valence-corrected chi connectivity index (χ4v) is 1.24. The third-order valence-corrected chi connectivity index (χ3v) is 2.13. The minimum Gasteiger partial charge on any atom is -0.392 e. The van der Waals surface area contributed by atoms with E-state index in [4.69, 9.17) is 5.11 Å². The van der Waals surface area contributed by atoms with Gasteiger partial charge in [0.1, 0.15) is 5.82 Å². The lowest BCUT2D eigenvalue weighted by Crippen LogP contribution is -2.15. The highest BCUT2D eigenvalue weighted by atomic mass is 19.1. The summed E-state index contributed by atoms with van der Waals surface area (Å²) in [5.41, 5.74) is 1.33. The molecule has 1 N–H and O–H groups in total. The van der Waals surface area contributed by atoms with Gasteiger partial charge in [0.05, 0.1) is 6.61 Å². The van der Waals surface area contributed by atoms with Crippen molar-refractivity contribution >= 4 is 0 Å². The van der Waals surface area contributed by atoms with Gasteiger partial charge in [0.25, 0.3) is 0 Å². The van der Waals surface area contributed by atoms with Gasteiger partial charge in [-0.05, 0) is 37.7 Å². The van der Waals surface area contributed by atoms with Crippen LogP contribution in [0.25, 0.3) is 0 Å². The highest BCUT2D eigenvalue weighted by Gasteiger charge is 2.03. The molecule has 0 amide bonds. The summed E-state index contributed by atoms with van der Waals surface area (Å²) in [4.78, 5) is 2.01. The molecule has 0 saturated heterocycles. The minimum atomic E-state index is -0.224. The van der Waals surface area contributed by atoms with Gasteiger partial charge in [-0.2, -0.15) is 0 Å². The van der Waals surface area contributed by atoms with Crippen LogP contribution in [0.4, 0.5) is 4.39 Å². The van der Waals surface area contributed by atoms with Crippen LogP contribution >= 0.6 is 0 Å². The first-order chi connectivity index (χ1) is 6.63. The van der Waals surface area contributed by atoms with Crippen molar-refractivity contribution in [3.63, 3.8) is 0 Å². The average molecular weight is 197 g/mol. The number of hydrogen-bond donors (Lipinski definition) is 1. The van der Waals surface area contributed by atoms with Gasteiger partial charge < -0.3 is 10.0 Å². The summed E-state index contributed by atoms with van der Waals surface area (Å²) in [5.74, 6) is -0.224. The third-order valence-electron chi connectivity index (χ3n) is 2.13. The number of halogens is 1. The third kappa shape index (κ3) is 3.09. The maximum atomic E-state index is 13.4. The summed E-state index contributed by atoms with van der Waals surface area (Å²) < 4.78 is 13.4. The second-order valence-electron chi connectivity index (χ2n) is 3.64. The Bertz CT molecular complexity index is 299. The van der Waals surface area contributed by atoms with Crippen LogP contribution in [-0.2, 0) is 13.0 Å². The number of aliphatic hydroxyl groups is 1. The number of nitrogens with zero attached hydrogens (tertiary/aromatic N) is 1. The number of hydrogen-bond acceptors (Lipinski definition) is 2. The van der Waals surface area contributed by atoms with E-state index in [-0.39, 0.29) is 12.4 Å². The van der Waals surface area contributed by atoms with Crippen molar-refractivity contribution in [3.05, 3.63) is 35.1 Å². The summed E-state index contributed by atoms with van der Waals surface area (Å²) in [6.45, 7) is 0.722. The van der Waals surface area contributed by atoms with Gasteiger partial charge in [-0.3, -0.25) is 0 Å². The van der Waals surface area contributed by atoms with Crippen molar-refractivity contribution in [3.8, 4) is 0 Å². The highest BCUT2D eigenvalue weighted by Crippen LogP contribution is 2.11. The molecule has 14 heavy (non-hydrogen) atoms. The van der Waals surface area contributed by atoms with Crippen molar-refractivity contribution in [2.24, 2.45) is 0 Å². The predicted octanol–water partition coefficient (Wildman–Crippen LogP) is 1.42. The molecule has 0 fully saturated rings. The molecule has 78 valence electrons. The highest BCUT2D eigenvalue weighted by molar-refractivity contribution is 5.24. The van der Waals surface area contributed by atoms with Crippen molar-refractivity contribution in [2.75, 3.05) is 20.6 Å². The Morgan fingerprint density at radius 3 is 2.57 bits per heavy atom. The molecule has 0 unspecified atom stereocenters. The first kappa shape index (κ1) is 11.1. The molecule has 2 nitrogen and oxygen atoms in total. The van der Waals surface area contributed by atoms with Crippen LogP contribution < -0.4 is 0 Å². The molecule has 1 aromatic carbocycles. The largest absolute Gasteiger partial charge is 0.392 e. The molecule has 0 heterocycles. The zero-order chi connectivity index (χ0) is 10.6. The molecule has 1 aromatic rings. The van der Waals surface area contributed by atoms with E-state index in [0.29, 0.717) is 17.5 Å². The monoisotopic (exact) mass is 197 g/mol. The summed E-state index contributed by atoms with van der Waals surface area (Å²) in [6.07, 6.45) is 0.699. The fraction of sp³-hybridized carbons (Fsp3) is 0.455. The quantitative estimate of drug-likeness (QED) is 0.789. The summed E-state index contributed by atoms with van der Waals surface area (Å²) in [7, 11) is 3.92. The molecule has 0 aromatic heterocycles. The Hall–Kier alpha value is -0.930. The van der Waals surface area contributed by atoms with Gasteiger partial charge in [0.2, 0.25) is 0 Å². The number of likely N-dealkylation sites (N-methyl/N-ethyl adjacent to an activating group) is 1. The minimum absolute atomic E-state index is 0.106. The molecule has 3 heteroatoms. The maximum absolute atomic E-state index is 13.4.